The molecule has 0 unspecified atom stereocenters. The van der Waals surface area contributed by atoms with Crippen LogP contribution in [0.15, 0.2) is 23.4 Å². The van der Waals surface area contributed by atoms with Crippen molar-refractivity contribution in [3.05, 3.63) is 24.0 Å². The maximum atomic E-state index is 12.1. The number of amides is 1. The minimum Gasteiger partial charge on any atom is -0.384 e. The molecular weight excluding hydrogens is 282 g/mol. The fourth-order valence-corrected chi connectivity index (χ4v) is 2.59. The highest BCUT2D eigenvalue weighted by atomic mass is 32.2. The number of sulfonamides is 1. The fourth-order valence-electron chi connectivity index (χ4n) is 1.22. The SMILES string of the molecule is CC(C)(NS(=O)(=O)c1cncc(C#CCO)c1)C(N)=O. The first-order valence-corrected chi connectivity index (χ1v) is 7.06. The monoisotopic (exact) mass is 297 g/mol. The molecule has 0 bridgehead atoms. The minimum absolute atomic E-state index is 0.142. The van der Waals surface area contributed by atoms with Crippen LogP contribution in [0, 0.1) is 11.8 Å². The van der Waals surface area contributed by atoms with Gasteiger partial charge in [-0.2, -0.15) is 4.72 Å². The number of carbonyl (C=O) groups excluding carboxylic acids is 1. The van der Waals surface area contributed by atoms with Gasteiger partial charge in [-0.15, -0.1) is 0 Å². The maximum Gasteiger partial charge on any atom is 0.243 e. The number of hydrogen-bond donors (Lipinski definition) is 3. The highest BCUT2D eigenvalue weighted by Gasteiger charge is 2.31. The molecule has 108 valence electrons. The van der Waals surface area contributed by atoms with E-state index in [1.807, 2.05) is 0 Å². The van der Waals surface area contributed by atoms with Gasteiger partial charge >= 0.3 is 0 Å². The predicted octanol–water partition coefficient (Wildman–Crippen LogP) is -1.03. The zero-order valence-corrected chi connectivity index (χ0v) is 11.9. The van der Waals surface area contributed by atoms with Crippen molar-refractivity contribution in [1.29, 1.82) is 0 Å². The van der Waals surface area contributed by atoms with Crippen molar-refractivity contribution in [2.75, 3.05) is 6.61 Å². The molecule has 1 amide bonds. The second-order valence-electron chi connectivity index (χ2n) is 4.46. The van der Waals surface area contributed by atoms with Crippen LogP contribution in [-0.2, 0) is 14.8 Å². The van der Waals surface area contributed by atoms with E-state index in [2.05, 4.69) is 21.5 Å². The number of nitrogens with zero attached hydrogens (tertiary/aromatic N) is 1. The van der Waals surface area contributed by atoms with Gasteiger partial charge in [-0.05, 0) is 19.9 Å². The number of aliphatic hydroxyl groups excluding tert-OH is 1. The van der Waals surface area contributed by atoms with Crippen molar-refractivity contribution in [1.82, 2.24) is 9.71 Å². The van der Waals surface area contributed by atoms with Gasteiger partial charge in [-0.3, -0.25) is 9.78 Å². The summed E-state index contributed by atoms with van der Waals surface area (Å²) in [6.07, 6.45) is 2.49. The molecule has 0 saturated carbocycles. The average molecular weight is 297 g/mol. The predicted molar refractivity (Wildman–Crippen MR) is 71.8 cm³/mol. The third kappa shape index (κ3) is 4.03. The van der Waals surface area contributed by atoms with Crippen LogP contribution in [0.5, 0.6) is 0 Å². The van der Waals surface area contributed by atoms with E-state index in [1.165, 1.54) is 26.1 Å². The Hall–Kier alpha value is -1.95. The minimum atomic E-state index is -3.95. The van der Waals surface area contributed by atoms with Crippen LogP contribution >= 0.6 is 0 Å². The lowest BCUT2D eigenvalue weighted by atomic mass is 10.1. The molecule has 1 aromatic heterocycles. The molecule has 1 aromatic rings. The summed E-state index contributed by atoms with van der Waals surface area (Å²) in [7, 11) is -3.95. The van der Waals surface area contributed by atoms with Crippen LogP contribution in [0.1, 0.15) is 19.4 Å². The van der Waals surface area contributed by atoms with Crippen LogP contribution in [0.4, 0.5) is 0 Å². The number of pyridine rings is 1. The third-order valence-corrected chi connectivity index (χ3v) is 3.96. The summed E-state index contributed by atoms with van der Waals surface area (Å²) in [5, 5.41) is 8.59. The zero-order valence-electron chi connectivity index (χ0n) is 11.0. The molecule has 1 rings (SSSR count). The van der Waals surface area contributed by atoms with E-state index in [-0.39, 0.29) is 11.5 Å². The lowest BCUT2D eigenvalue weighted by Gasteiger charge is -2.21. The van der Waals surface area contributed by atoms with Gasteiger partial charge in [0.2, 0.25) is 15.9 Å². The molecule has 0 spiro atoms. The summed E-state index contributed by atoms with van der Waals surface area (Å²) in [5.41, 5.74) is 4.03. The quantitative estimate of drug-likeness (QED) is 0.613. The van der Waals surface area contributed by atoms with E-state index in [0.29, 0.717) is 5.56 Å². The Kier molecular flexibility index (Phi) is 4.83. The van der Waals surface area contributed by atoms with E-state index in [1.54, 1.807) is 0 Å². The first-order chi connectivity index (χ1) is 9.19. The molecule has 0 aromatic carbocycles. The smallest absolute Gasteiger partial charge is 0.243 e. The van der Waals surface area contributed by atoms with Crippen molar-refractivity contribution in [2.24, 2.45) is 5.73 Å². The Bertz CT molecular complexity index is 671. The van der Waals surface area contributed by atoms with Crippen LogP contribution < -0.4 is 10.5 Å². The molecule has 0 aliphatic rings. The number of primary amides is 1. The lowest BCUT2D eigenvalue weighted by Crippen LogP contribution is -2.52. The molecular formula is C12H15N3O4S. The van der Waals surface area contributed by atoms with Crippen LogP contribution in [0.2, 0.25) is 0 Å². The largest absolute Gasteiger partial charge is 0.384 e. The molecule has 7 nitrogen and oxygen atoms in total. The first-order valence-electron chi connectivity index (χ1n) is 5.58. The Morgan fingerprint density at radius 1 is 1.50 bits per heavy atom. The summed E-state index contributed by atoms with van der Waals surface area (Å²) in [6, 6.07) is 1.29. The highest BCUT2D eigenvalue weighted by molar-refractivity contribution is 7.89. The summed E-state index contributed by atoms with van der Waals surface area (Å²) in [4.78, 5) is 14.8. The average Bonchev–Trinajstić information content (AvgIpc) is 2.35. The second kappa shape index (κ2) is 6.00. The molecule has 20 heavy (non-hydrogen) atoms. The van der Waals surface area contributed by atoms with Crippen molar-refractivity contribution >= 4 is 15.9 Å². The first kappa shape index (κ1) is 16.1. The maximum absolute atomic E-state index is 12.1. The van der Waals surface area contributed by atoms with E-state index < -0.39 is 21.5 Å². The van der Waals surface area contributed by atoms with E-state index in [4.69, 9.17) is 10.8 Å². The molecule has 0 saturated heterocycles. The molecule has 8 heteroatoms. The summed E-state index contributed by atoms with van der Waals surface area (Å²) < 4.78 is 26.4. The van der Waals surface area contributed by atoms with Crippen LogP contribution in [-0.4, -0.2) is 36.6 Å². The number of aromatic nitrogens is 1. The zero-order chi connectivity index (χ0) is 15.4. The van der Waals surface area contributed by atoms with Gasteiger partial charge in [0.25, 0.3) is 0 Å². The third-order valence-electron chi connectivity index (χ3n) is 2.34. The standard InChI is InChI=1S/C12H15N3O4S/c1-12(2,11(13)17)15-20(18,19)10-6-9(4-3-5-16)7-14-8-10/h6-8,15-16H,5H2,1-2H3,(H2,13,17). The topological polar surface area (TPSA) is 122 Å². The highest BCUT2D eigenvalue weighted by Crippen LogP contribution is 2.13. The van der Waals surface area contributed by atoms with Crippen molar-refractivity contribution in [3.8, 4) is 11.8 Å². The molecule has 0 aliphatic carbocycles. The van der Waals surface area contributed by atoms with Crippen molar-refractivity contribution in [3.63, 3.8) is 0 Å². The lowest BCUT2D eigenvalue weighted by molar-refractivity contribution is -0.122. The number of carbonyl (C=O) groups is 1. The van der Waals surface area contributed by atoms with Crippen LogP contribution in [0.3, 0.4) is 0 Å². The number of nitrogens with one attached hydrogen (secondary N) is 1. The molecule has 0 aliphatic heterocycles. The van der Waals surface area contributed by atoms with Gasteiger partial charge in [0.15, 0.2) is 0 Å². The van der Waals surface area contributed by atoms with E-state index in [0.717, 1.165) is 6.20 Å². The van der Waals surface area contributed by atoms with Gasteiger partial charge < -0.3 is 10.8 Å². The van der Waals surface area contributed by atoms with Gasteiger partial charge in [-0.1, -0.05) is 11.8 Å². The van der Waals surface area contributed by atoms with Gasteiger partial charge in [0.1, 0.15) is 17.0 Å². The normalized spacial score (nSPS) is 11.6. The summed E-state index contributed by atoms with van der Waals surface area (Å²) >= 11 is 0. The van der Waals surface area contributed by atoms with Crippen molar-refractivity contribution in [2.45, 2.75) is 24.3 Å². The number of hydrogen-bond acceptors (Lipinski definition) is 5. The Balaban J connectivity index is 3.14. The number of aliphatic hydroxyl groups is 1. The molecule has 0 radical (unpaired) electrons. The Morgan fingerprint density at radius 3 is 2.70 bits per heavy atom. The van der Waals surface area contributed by atoms with Crippen LogP contribution in [0.25, 0.3) is 0 Å². The molecule has 0 fully saturated rings. The van der Waals surface area contributed by atoms with Gasteiger partial charge in [0.05, 0.1) is 0 Å². The summed E-state index contributed by atoms with van der Waals surface area (Å²) in [5.74, 6) is 4.13. The molecule has 1 heterocycles. The molecule has 0 atom stereocenters. The van der Waals surface area contributed by atoms with Gasteiger partial charge in [-0.25, -0.2) is 8.42 Å². The van der Waals surface area contributed by atoms with Gasteiger partial charge in [0, 0.05) is 18.0 Å². The van der Waals surface area contributed by atoms with E-state index >= 15 is 0 Å². The Labute approximate surface area is 117 Å². The van der Waals surface area contributed by atoms with Crippen molar-refractivity contribution < 1.29 is 18.3 Å². The Morgan fingerprint density at radius 2 is 2.15 bits per heavy atom. The summed E-state index contributed by atoms with van der Waals surface area (Å²) in [6.45, 7) is 2.37. The number of rotatable bonds is 4. The molecule has 4 N–H and O–H groups in total. The second-order valence-corrected chi connectivity index (χ2v) is 6.15. The van der Waals surface area contributed by atoms with E-state index in [9.17, 15) is 13.2 Å². The number of nitrogens with two attached hydrogens (primary N) is 1. The fraction of sp³-hybridized carbons (Fsp3) is 0.333.